The average molecular weight is 308 g/mol. The molecule has 0 saturated heterocycles. The van der Waals surface area contributed by atoms with Crippen molar-refractivity contribution in [3.8, 4) is 5.75 Å². The summed E-state index contributed by atoms with van der Waals surface area (Å²) in [6, 6.07) is 4.88. The first-order valence-electron chi connectivity index (χ1n) is 3.79. The molecule has 0 bridgehead atoms. The molecule has 0 aliphatic rings. The van der Waals surface area contributed by atoms with E-state index in [4.69, 9.17) is 14.6 Å². The molecule has 0 unspecified atom stereocenters. The molecule has 0 aromatic heterocycles. The lowest BCUT2D eigenvalue weighted by Crippen LogP contribution is -2.05. The van der Waals surface area contributed by atoms with Crippen molar-refractivity contribution in [1.82, 2.24) is 0 Å². The summed E-state index contributed by atoms with van der Waals surface area (Å²) in [7, 11) is 1.48. The molecule has 0 aliphatic carbocycles. The molecule has 14 heavy (non-hydrogen) atoms. The van der Waals surface area contributed by atoms with Gasteiger partial charge in [-0.25, -0.2) is 4.79 Å². The Morgan fingerprint density at radius 3 is 2.86 bits per heavy atom. The number of rotatable bonds is 4. The Kier molecular flexibility index (Phi) is 4.15. The van der Waals surface area contributed by atoms with Gasteiger partial charge in [0.2, 0.25) is 0 Å². The molecule has 0 radical (unpaired) electrons. The Labute approximate surface area is 95.0 Å². The molecular weight excluding hydrogens is 299 g/mol. The molecule has 1 aromatic carbocycles. The summed E-state index contributed by atoms with van der Waals surface area (Å²) in [5.74, 6) is -0.682. The van der Waals surface area contributed by atoms with Crippen LogP contribution in [0.1, 0.15) is 10.4 Å². The monoisotopic (exact) mass is 308 g/mol. The van der Waals surface area contributed by atoms with Crippen LogP contribution in [0.5, 0.6) is 5.75 Å². The van der Waals surface area contributed by atoms with Crippen LogP contribution >= 0.6 is 22.6 Å². The van der Waals surface area contributed by atoms with Crippen molar-refractivity contribution in [2.24, 2.45) is 0 Å². The topological polar surface area (TPSA) is 55.8 Å². The van der Waals surface area contributed by atoms with Crippen LogP contribution in [0.4, 0.5) is 0 Å². The van der Waals surface area contributed by atoms with Crippen molar-refractivity contribution in [2.75, 3.05) is 13.9 Å². The molecule has 0 saturated carbocycles. The molecule has 5 heteroatoms. The van der Waals surface area contributed by atoms with Gasteiger partial charge in [-0.05, 0) is 40.8 Å². The van der Waals surface area contributed by atoms with E-state index in [9.17, 15) is 4.79 Å². The lowest BCUT2D eigenvalue weighted by molar-refractivity contribution is 0.0483. The van der Waals surface area contributed by atoms with Gasteiger partial charge in [0, 0.05) is 10.7 Å². The fourth-order valence-electron chi connectivity index (χ4n) is 0.915. The molecule has 0 heterocycles. The van der Waals surface area contributed by atoms with Crippen molar-refractivity contribution < 1.29 is 19.4 Å². The highest BCUT2D eigenvalue weighted by atomic mass is 127. The number of carboxylic acid groups (broad SMARTS) is 1. The second kappa shape index (κ2) is 5.16. The first kappa shape index (κ1) is 11.3. The first-order valence-corrected chi connectivity index (χ1v) is 4.87. The van der Waals surface area contributed by atoms with Crippen molar-refractivity contribution >= 4 is 28.6 Å². The Morgan fingerprint density at radius 2 is 2.29 bits per heavy atom. The van der Waals surface area contributed by atoms with Crippen LogP contribution in [0.2, 0.25) is 0 Å². The largest absolute Gasteiger partial charge is 0.478 e. The normalized spacial score (nSPS) is 9.86. The Morgan fingerprint density at radius 1 is 1.57 bits per heavy atom. The Bertz CT molecular complexity index is 338. The molecule has 76 valence electrons. The summed E-state index contributed by atoms with van der Waals surface area (Å²) in [5, 5.41) is 8.83. The molecule has 1 N–H and O–H groups in total. The number of benzene rings is 1. The second-order valence-corrected chi connectivity index (χ2v) is 3.74. The van der Waals surface area contributed by atoms with E-state index >= 15 is 0 Å². The molecule has 1 rings (SSSR count). The summed E-state index contributed by atoms with van der Waals surface area (Å²) in [6.07, 6.45) is 0. The fourth-order valence-corrected chi connectivity index (χ4v) is 1.38. The SMILES string of the molecule is COCOc1cc(I)ccc1C(=O)O. The van der Waals surface area contributed by atoms with E-state index < -0.39 is 5.97 Å². The van der Waals surface area contributed by atoms with Crippen LogP contribution < -0.4 is 4.74 Å². The van der Waals surface area contributed by atoms with E-state index in [-0.39, 0.29) is 12.4 Å². The molecule has 0 amide bonds. The van der Waals surface area contributed by atoms with Gasteiger partial charge >= 0.3 is 5.97 Å². The van der Waals surface area contributed by atoms with Gasteiger partial charge in [-0.15, -0.1) is 0 Å². The summed E-state index contributed by atoms with van der Waals surface area (Å²) in [4.78, 5) is 10.8. The standard InChI is InChI=1S/C9H9IO4/c1-13-5-14-8-4-6(10)2-3-7(8)9(11)12/h2-4H,5H2,1H3,(H,11,12). The lowest BCUT2D eigenvalue weighted by atomic mass is 10.2. The average Bonchev–Trinajstić information content (AvgIpc) is 2.14. The minimum absolute atomic E-state index is 0.0420. The van der Waals surface area contributed by atoms with Crippen molar-refractivity contribution in [1.29, 1.82) is 0 Å². The lowest BCUT2D eigenvalue weighted by Gasteiger charge is -2.07. The van der Waals surface area contributed by atoms with E-state index in [1.807, 2.05) is 0 Å². The number of halogens is 1. The number of hydrogen-bond donors (Lipinski definition) is 1. The molecule has 0 fully saturated rings. The van der Waals surface area contributed by atoms with Crippen molar-refractivity contribution in [3.63, 3.8) is 0 Å². The van der Waals surface area contributed by atoms with Gasteiger partial charge in [-0.1, -0.05) is 0 Å². The van der Waals surface area contributed by atoms with Crippen LogP contribution in [0.25, 0.3) is 0 Å². The maximum absolute atomic E-state index is 10.8. The van der Waals surface area contributed by atoms with Gasteiger partial charge in [0.25, 0.3) is 0 Å². The third-order valence-corrected chi connectivity index (χ3v) is 2.18. The van der Waals surface area contributed by atoms with Crippen molar-refractivity contribution in [2.45, 2.75) is 0 Å². The number of aromatic carboxylic acids is 1. The third kappa shape index (κ3) is 2.85. The highest BCUT2D eigenvalue weighted by Gasteiger charge is 2.11. The van der Waals surface area contributed by atoms with Crippen LogP contribution in [0, 0.1) is 3.57 Å². The van der Waals surface area contributed by atoms with Gasteiger partial charge in [0.15, 0.2) is 6.79 Å². The molecule has 0 spiro atoms. The molecule has 4 nitrogen and oxygen atoms in total. The van der Waals surface area contributed by atoms with E-state index in [2.05, 4.69) is 22.6 Å². The fraction of sp³-hybridized carbons (Fsp3) is 0.222. The van der Waals surface area contributed by atoms with Gasteiger partial charge in [0.05, 0.1) is 0 Å². The van der Waals surface area contributed by atoms with Crippen molar-refractivity contribution in [3.05, 3.63) is 27.3 Å². The zero-order valence-electron chi connectivity index (χ0n) is 7.49. The van der Waals surface area contributed by atoms with E-state index in [0.29, 0.717) is 5.75 Å². The molecule has 0 aliphatic heterocycles. The molecule has 0 atom stereocenters. The van der Waals surface area contributed by atoms with Gasteiger partial charge in [0.1, 0.15) is 11.3 Å². The van der Waals surface area contributed by atoms with Gasteiger partial charge < -0.3 is 14.6 Å². The smallest absolute Gasteiger partial charge is 0.339 e. The quantitative estimate of drug-likeness (QED) is 0.682. The summed E-state index contributed by atoms with van der Waals surface area (Å²) in [6.45, 7) is 0.0420. The Hall–Kier alpha value is -0.820. The summed E-state index contributed by atoms with van der Waals surface area (Å²) < 4.78 is 10.7. The van der Waals surface area contributed by atoms with Gasteiger partial charge in [-0.2, -0.15) is 0 Å². The molecular formula is C9H9IO4. The second-order valence-electron chi connectivity index (χ2n) is 2.50. The highest BCUT2D eigenvalue weighted by Crippen LogP contribution is 2.21. The predicted octanol–water partition coefficient (Wildman–Crippen LogP) is 1.97. The van der Waals surface area contributed by atoms with E-state index in [1.165, 1.54) is 13.2 Å². The van der Waals surface area contributed by atoms with Crippen LogP contribution in [0.3, 0.4) is 0 Å². The number of methoxy groups -OCH3 is 1. The minimum atomic E-state index is -1.01. The van der Waals surface area contributed by atoms with Crippen LogP contribution in [-0.2, 0) is 4.74 Å². The van der Waals surface area contributed by atoms with Gasteiger partial charge in [-0.3, -0.25) is 0 Å². The zero-order chi connectivity index (χ0) is 10.6. The van der Waals surface area contributed by atoms with E-state index in [1.54, 1.807) is 12.1 Å². The number of carbonyl (C=O) groups is 1. The summed E-state index contributed by atoms with van der Waals surface area (Å²) in [5.41, 5.74) is 0.141. The zero-order valence-corrected chi connectivity index (χ0v) is 9.65. The number of ether oxygens (including phenoxy) is 2. The molecule has 1 aromatic rings. The maximum atomic E-state index is 10.8. The minimum Gasteiger partial charge on any atom is -0.478 e. The highest BCUT2D eigenvalue weighted by molar-refractivity contribution is 14.1. The van der Waals surface area contributed by atoms with E-state index in [0.717, 1.165) is 3.57 Å². The van der Waals surface area contributed by atoms with Crippen LogP contribution in [0.15, 0.2) is 18.2 Å². The third-order valence-electron chi connectivity index (χ3n) is 1.51. The number of hydrogen-bond acceptors (Lipinski definition) is 3. The Balaban J connectivity index is 2.97. The predicted molar refractivity (Wildman–Crippen MR) is 58.6 cm³/mol. The first-order chi connectivity index (χ1) is 6.65. The maximum Gasteiger partial charge on any atom is 0.339 e. The summed E-state index contributed by atoms with van der Waals surface area (Å²) >= 11 is 2.08. The number of carboxylic acids is 1. The van der Waals surface area contributed by atoms with Crippen LogP contribution in [-0.4, -0.2) is 25.0 Å².